The number of phenolic OH excluding ortho intramolecular Hbond substituents is 1. The van der Waals surface area contributed by atoms with E-state index in [9.17, 15) is 14.7 Å². The van der Waals surface area contributed by atoms with Gasteiger partial charge in [-0.25, -0.2) is 0 Å². The molecule has 0 aromatic heterocycles. The standard InChI is InChI=1S/C13H16N2O3S/c1-14-5-4-9-6-8(2-3-10(9)16)7-11-12(17)15-13(18)19-11/h2-3,6,11,14,16H,4-5,7H2,1H3,(H,15,17,18). The Labute approximate surface area is 115 Å². The van der Waals surface area contributed by atoms with Gasteiger partial charge in [0.2, 0.25) is 5.91 Å². The molecule has 0 radical (unpaired) electrons. The van der Waals surface area contributed by atoms with Gasteiger partial charge in [0.25, 0.3) is 5.24 Å². The minimum absolute atomic E-state index is 0.236. The minimum Gasteiger partial charge on any atom is -0.508 e. The van der Waals surface area contributed by atoms with Crippen LogP contribution in [0.4, 0.5) is 4.79 Å². The number of hydrogen-bond acceptors (Lipinski definition) is 5. The van der Waals surface area contributed by atoms with Crippen LogP contribution in [0.5, 0.6) is 5.75 Å². The average Bonchev–Trinajstić information content (AvgIpc) is 2.68. The van der Waals surface area contributed by atoms with Crippen molar-refractivity contribution in [2.75, 3.05) is 13.6 Å². The van der Waals surface area contributed by atoms with Gasteiger partial charge in [-0.3, -0.25) is 14.9 Å². The minimum atomic E-state index is -0.366. The van der Waals surface area contributed by atoms with Crippen molar-refractivity contribution in [1.29, 1.82) is 0 Å². The van der Waals surface area contributed by atoms with Gasteiger partial charge in [0.05, 0.1) is 5.25 Å². The van der Waals surface area contributed by atoms with Crippen molar-refractivity contribution in [2.24, 2.45) is 0 Å². The van der Waals surface area contributed by atoms with Crippen LogP contribution in [0.15, 0.2) is 18.2 Å². The van der Waals surface area contributed by atoms with Gasteiger partial charge in [0.1, 0.15) is 5.75 Å². The molecule has 1 aromatic rings. The summed E-state index contributed by atoms with van der Waals surface area (Å²) in [7, 11) is 1.85. The van der Waals surface area contributed by atoms with Crippen molar-refractivity contribution in [3.8, 4) is 5.75 Å². The zero-order valence-electron chi connectivity index (χ0n) is 10.6. The molecule has 0 aliphatic carbocycles. The zero-order valence-corrected chi connectivity index (χ0v) is 11.4. The first-order chi connectivity index (χ1) is 9.10. The number of carbonyl (C=O) groups excluding carboxylic acids is 2. The predicted molar refractivity (Wildman–Crippen MR) is 74.4 cm³/mol. The molecule has 1 heterocycles. The van der Waals surface area contributed by atoms with Crippen LogP contribution in [-0.4, -0.2) is 35.1 Å². The first kappa shape index (κ1) is 13.9. The van der Waals surface area contributed by atoms with Crippen molar-refractivity contribution < 1.29 is 14.7 Å². The largest absolute Gasteiger partial charge is 0.508 e. The Morgan fingerprint density at radius 3 is 2.84 bits per heavy atom. The molecule has 1 aliphatic rings. The van der Waals surface area contributed by atoms with Crippen molar-refractivity contribution in [3.63, 3.8) is 0 Å². The van der Waals surface area contributed by atoms with E-state index in [0.717, 1.165) is 35.9 Å². The van der Waals surface area contributed by atoms with Crippen LogP contribution in [0.2, 0.25) is 0 Å². The lowest BCUT2D eigenvalue weighted by atomic mass is 10.0. The maximum atomic E-state index is 11.5. The van der Waals surface area contributed by atoms with Crippen molar-refractivity contribution in [3.05, 3.63) is 29.3 Å². The Kier molecular flexibility index (Phi) is 4.44. The molecular formula is C13H16N2O3S. The van der Waals surface area contributed by atoms with Gasteiger partial charge in [-0.05, 0) is 43.6 Å². The third-order valence-electron chi connectivity index (χ3n) is 2.98. The van der Waals surface area contributed by atoms with Crippen molar-refractivity contribution in [2.45, 2.75) is 18.1 Å². The second-order valence-electron chi connectivity index (χ2n) is 4.40. The van der Waals surface area contributed by atoms with Crippen LogP contribution in [0.3, 0.4) is 0 Å². The highest BCUT2D eigenvalue weighted by atomic mass is 32.2. The SMILES string of the molecule is CNCCc1cc(CC2SC(=O)NC2=O)ccc1O. The van der Waals surface area contributed by atoms with Crippen LogP contribution in [0.1, 0.15) is 11.1 Å². The molecule has 19 heavy (non-hydrogen) atoms. The van der Waals surface area contributed by atoms with E-state index in [4.69, 9.17) is 0 Å². The fourth-order valence-electron chi connectivity index (χ4n) is 1.97. The summed E-state index contributed by atoms with van der Waals surface area (Å²) in [6.07, 6.45) is 1.22. The van der Waals surface area contributed by atoms with E-state index in [-0.39, 0.29) is 22.1 Å². The van der Waals surface area contributed by atoms with E-state index in [1.807, 2.05) is 13.1 Å². The maximum absolute atomic E-state index is 11.5. The van der Waals surface area contributed by atoms with E-state index >= 15 is 0 Å². The maximum Gasteiger partial charge on any atom is 0.286 e. The third-order valence-corrected chi connectivity index (χ3v) is 3.96. The Morgan fingerprint density at radius 1 is 1.42 bits per heavy atom. The number of benzene rings is 1. The number of thioether (sulfide) groups is 1. The topological polar surface area (TPSA) is 78.4 Å². The Morgan fingerprint density at radius 2 is 2.21 bits per heavy atom. The molecule has 1 saturated heterocycles. The molecule has 0 spiro atoms. The summed E-state index contributed by atoms with van der Waals surface area (Å²) in [6.45, 7) is 0.772. The lowest BCUT2D eigenvalue weighted by Crippen LogP contribution is -2.25. The lowest BCUT2D eigenvalue weighted by Gasteiger charge is -2.09. The number of carbonyl (C=O) groups is 2. The first-order valence-corrected chi connectivity index (χ1v) is 6.95. The molecule has 0 bridgehead atoms. The first-order valence-electron chi connectivity index (χ1n) is 6.07. The van der Waals surface area contributed by atoms with E-state index in [2.05, 4.69) is 10.6 Å². The summed E-state index contributed by atoms with van der Waals surface area (Å²) in [5.74, 6) is 0.0263. The smallest absolute Gasteiger partial charge is 0.286 e. The van der Waals surface area contributed by atoms with E-state index in [1.165, 1.54) is 0 Å². The van der Waals surface area contributed by atoms with Crippen LogP contribution in [0, 0.1) is 0 Å². The van der Waals surface area contributed by atoms with Gasteiger partial charge in [-0.15, -0.1) is 0 Å². The van der Waals surface area contributed by atoms with Gasteiger partial charge in [-0.2, -0.15) is 0 Å². The van der Waals surface area contributed by atoms with Crippen LogP contribution >= 0.6 is 11.8 Å². The summed E-state index contributed by atoms with van der Waals surface area (Å²) in [5, 5.41) is 14.4. The van der Waals surface area contributed by atoms with Crippen molar-refractivity contribution >= 4 is 22.9 Å². The number of nitrogens with one attached hydrogen (secondary N) is 2. The second kappa shape index (κ2) is 6.08. The fraction of sp³-hybridized carbons (Fsp3) is 0.385. The number of amides is 2. The molecule has 0 saturated carbocycles. The van der Waals surface area contributed by atoms with Gasteiger partial charge in [0, 0.05) is 0 Å². The molecular weight excluding hydrogens is 264 g/mol. The van der Waals surface area contributed by atoms with Crippen LogP contribution in [-0.2, 0) is 17.6 Å². The highest BCUT2D eigenvalue weighted by Crippen LogP contribution is 2.25. The van der Waals surface area contributed by atoms with Crippen LogP contribution in [0.25, 0.3) is 0 Å². The highest BCUT2D eigenvalue weighted by molar-refractivity contribution is 8.15. The zero-order chi connectivity index (χ0) is 13.8. The molecule has 2 amide bonds. The number of likely N-dealkylation sites (N-methyl/N-ethyl adjacent to an activating group) is 1. The molecule has 2 rings (SSSR count). The summed E-state index contributed by atoms with van der Waals surface area (Å²) in [4.78, 5) is 22.6. The van der Waals surface area contributed by atoms with Gasteiger partial charge in [-0.1, -0.05) is 23.9 Å². The summed E-state index contributed by atoms with van der Waals surface area (Å²) >= 11 is 1.02. The normalized spacial score (nSPS) is 18.7. The number of imide groups is 1. The predicted octanol–water partition coefficient (Wildman–Crippen LogP) is 1.05. The Hall–Kier alpha value is -1.53. The lowest BCUT2D eigenvalue weighted by molar-refractivity contribution is -0.118. The molecule has 1 unspecified atom stereocenters. The van der Waals surface area contributed by atoms with Crippen molar-refractivity contribution in [1.82, 2.24) is 10.6 Å². The number of rotatable bonds is 5. The molecule has 102 valence electrons. The van der Waals surface area contributed by atoms with Gasteiger partial charge in [0.15, 0.2) is 0 Å². The van der Waals surface area contributed by atoms with E-state index in [0.29, 0.717) is 6.42 Å². The van der Waals surface area contributed by atoms with E-state index < -0.39 is 0 Å². The summed E-state index contributed by atoms with van der Waals surface area (Å²) < 4.78 is 0. The Bertz CT molecular complexity index is 505. The summed E-state index contributed by atoms with van der Waals surface area (Å²) in [5.41, 5.74) is 1.80. The number of hydrogen-bond donors (Lipinski definition) is 3. The highest BCUT2D eigenvalue weighted by Gasteiger charge is 2.31. The third kappa shape index (κ3) is 3.48. The molecule has 5 nitrogen and oxygen atoms in total. The second-order valence-corrected chi connectivity index (χ2v) is 5.58. The molecule has 1 atom stereocenters. The monoisotopic (exact) mass is 280 g/mol. The van der Waals surface area contributed by atoms with Gasteiger partial charge < -0.3 is 10.4 Å². The molecule has 1 fully saturated rings. The number of aromatic hydroxyl groups is 1. The molecule has 3 N–H and O–H groups in total. The Balaban J connectivity index is 2.08. The quantitative estimate of drug-likeness (QED) is 0.751. The van der Waals surface area contributed by atoms with E-state index in [1.54, 1.807) is 12.1 Å². The number of phenols is 1. The molecule has 1 aliphatic heterocycles. The van der Waals surface area contributed by atoms with Crippen LogP contribution < -0.4 is 10.6 Å². The molecule has 1 aromatic carbocycles. The van der Waals surface area contributed by atoms with Gasteiger partial charge >= 0.3 is 0 Å². The average molecular weight is 280 g/mol. The summed E-state index contributed by atoms with van der Waals surface area (Å²) in [6, 6.07) is 5.32. The molecule has 6 heteroatoms. The fourth-order valence-corrected chi connectivity index (χ4v) is 2.83.